The highest BCUT2D eigenvalue weighted by Crippen LogP contribution is 2.58. The lowest BCUT2D eigenvalue weighted by atomic mass is 9.61. The van der Waals surface area contributed by atoms with Gasteiger partial charge in [-0.05, 0) is 66.7 Å². The van der Waals surface area contributed by atoms with Gasteiger partial charge in [0, 0.05) is 30.6 Å². The molecule has 6 nitrogen and oxygen atoms in total. The van der Waals surface area contributed by atoms with Gasteiger partial charge in [0.1, 0.15) is 6.61 Å². The molecule has 2 aliphatic rings. The molecule has 0 aromatic heterocycles. The van der Waals surface area contributed by atoms with E-state index in [1.54, 1.807) is 0 Å². The van der Waals surface area contributed by atoms with Crippen LogP contribution < -0.4 is 0 Å². The summed E-state index contributed by atoms with van der Waals surface area (Å²) >= 11 is 0. The first-order valence-electron chi connectivity index (χ1n) is 10.7. The predicted octanol–water partition coefficient (Wildman–Crippen LogP) is 2.78. The molecule has 2 saturated carbocycles. The Morgan fingerprint density at radius 2 is 1.82 bits per heavy atom. The van der Waals surface area contributed by atoms with Crippen LogP contribution in [0.2, 0.25) is 0 Å². The van der Waals surface area contributed by atoms with Gasteiger partial charge in [-0.3, -0.25) is 0 Å². The van der Waals surface area contributed by atoms with Crippen molar-refractivity contribution in [1.29, 1.82) is 0 Å². The maximum atomic E-state index is 11.4. The first-order valence-corrected chi connectivity index (χ1v) is 10.7. The predicted molar refractivity (Wildman–Crippen MR) is 115 cm³/mol. The highest BCUT2D eigenvalue weighted by Gasteiger charge is 2.57. The van der Waals surface area contributed by atoms with E-state index in [4.69, 9.17) is 9.57 Å². The van der Waals surface area contributed by atoms with E-state index in [0.29, 0.717) is 6.61 Å². The van der Waals surface area contributed by atoms with Crippen molar-refractivity contribution in [3.63, 3.8) is 0 Å². The molecule has 3 atom stereocenters. The van der Waals surface area contributed by atoms with Crippen LogP contribution >= 0.6 is 0 Å². The van der Waals surface area contributed by atoms with E-state index in [-0.39, 0.29) is 11.3 Å². The van der Waals surface area contributed by atoms with Crippen molar-refractivity contribution in [3.8, 4) is 0 Å². The molecule has 0 heterocycles. The Morgan fingerprint density at radius 1 is 1.11 bits per heavy atom. The second kappa shape index (κ2) is 10.7. The van der Waals surface area contributed by atoms with Crippen LogP contribution in [0.15, 0.2) is 16.8 Å². The van der Waals surface area contributed by atoms with Gasteiger partial charge in [0.15, 0.2) is 0 Å². The molecular formula is C22H41N3O3. The van der Waals surface area contributed by atoms with Crippen LogP contribution in [0.25, 0.3) is 0 Å². The second-order valence-electron chi connectivity index (χ2n) is 9.23. The molecule has 6 heteroatoms. The van der Waals surface area contributed by atoms with Crippen molar-refractivity contribution in [2.24, 2.45) is 16.5 Å². The molecular weight excluding hydrogens is 354 g/mol. The van der Waals surface area contributed by atoms with Crippen LogP contribution in [0.3, 0.4) is 0 Å². The number of likely N-dealkylation sites (N-methyl/N-ethyl adjacent to an activating group) is 2. The van der Waals surface area contributed by atoms with Gasteiger partial charge in [-0.2, -0.15) is 0 Å². The summed E-state index contributed by atoms with van der Waals surface area (Å²) in [4.78, 5) is 9.61. The fourth-order valence-electron chi connectivity index (χ4n) is 4.44. The number of ether oxygens (including phenoxy) is 1. The molecule has 0 spiro atoms. The molecule has 1 N–H and O–H groups in total. The fourth-order valence-corrected chi connectivity index (χ4v) is 4.44. The maximum absolute atomic E-state index is 11.4. The lowest BCUT2D eigenvalue weighted by Crippen LogP contribution is -2.48. The first-order chi connectivity index (χ1) is 13.3. The Kier molecular flexibility index (Phi) is 8.93. The number of hydrogen-bond acceptors (Lipinski definition) is 6. The van der Waals surface area contributed by atoms with Crippen LogP contribution in [0, 0.1) is 11.3 Å². The fraction of sp³-hybridized carbons (Fsp3) is 0.864. The van der Waals surface area contributed by atoms with Gasteiger partial charge in [0.25, 0.3) is 0 Å². The smallest absolute Gasteiger partial charge is 0.129 e. The largest absolute Gasteiger partial charge is 0.395 e. The third-order valence-corrected chi connectivity index (χ3v) is 6.56. The minimum Gasteiger partial charge on any atom is -0.395 e. The van der Waals surface area contributed by atoms with E-state index in [1.165, 1.54) is 5.57 Å². The Morgan fingerprint density at radius 3 is 2.54 bits per heavy atom. The van der Waals surface area contributed by atoms with E-state index in [9.17, 15) is 5.11 Å². The monoisotopic (exact) mass is 395 g/mol. The summed E-state index contributed by atoms with van der Waals surface area (Å²) in [5.74, 6) is 0.285. The normalized spacial score (nSPS) is 32.0. The Hall–Kier alpha value is -0.950. The molecule has 2 aliphatic carbocycles. The lowest BCUT2D eigenvalue weighted by Gasteiger charge is -2.47. The van der Waals surface area contributed by atoms with Crippen LogP contribution in [-0.2, 0) is 9.57 Å². The number of rotatable bonds is 11. The number of hydrogen-bond donors (Lipinski definition) is 1. The van der Waals surface area contributed by atoms with Crippen molar-refractivity contribution in [2.75, 3.05) is 61.1 Å². The molecule has 0 unspecified atom stereocenters. The quantitative estimate of drug-likeness (QED) is 0.252. The van der Waals surface area contributed by atoms with E-state index in [0.717, 1.165) is 64.8 Å². The van der Waals surface area contributed by atoms with Crippen molar-refractivity contribution in [2.45, 2.75) is 51.0 Å². The third-order valence-electron chi connectivity index (χ3n) is 6.56. The average Bonchev–Trinajstić information content (AvgIpc) is 2.88. The highest BCUT2D eigenvalue weighted by molar-refractivity contribution is 5.63. The highest BCUT2D eigenvalue weighted by atomic mass is 16.6. The van der Waals surface area contributed by atoms with Gasteiger partial charge < -0.3 is 24.5 Å². The summed E-state index contributed by atoms with van der Waals surface area (Å²) in [5, 5.41) is 15.6. The molecule has 0 radical (unpaired) electrons. The van der Waals surface area contributed by atoms with E-state index < -0.39 is 5.60 Å². The molecule has 162 valence electrons. The van der Waals surface area contributed by atoms with Gasteiger partial charge in [0.2, 0.25) is 0 Å². The Labute approximate surface area is 171 Å². The van der Waals surface area contributed by atoms with Crippen molar-refractivity contribution in [1.82, 2.24) is 9.80 Å². The van der Waals surface area contributed by atoms with E-state index >= 15 is 0 Å². The van der Waals surface area contributed by atoms with Crippen molar-refractivity contribution >= 4 is 6.21 Å². The molecule has 0 aromatic carbocycles. The third kappa shape index (κ3) is 6.28. The topological polar surface area (TPSA) is 57.5 Å². The molecule has 0 aliphatic heterocycles. The van der Waals surface area contributed by atoms with Crippen LogP contribution in [-0.4, -0.2) is 87.8 Å². The summed E-state index contributed by atoms with van der Waals surface area (Å²) in [7, 11) is 8.16. The van der Waals surface area contributed by atoms with Crippen molar-refractivity contribution < 1.29 is 14.7 Å². The van der Waals surface area contributed by atoms with E-state index in [2.05, 4.69) is 42.1 Å². The number of aliphatic hydroxyl groups is 1. The summed E-state index contributed by atoms with van der Waals surface area (Å²) in [5.41, 5.74) is 0.653. The molecule has 0 bridgehead atoms. The van der Waals surface area contributed by atoms with Crippen LogP contribution in [0.4, 0.5) is 0 Å². The summed E-state index contributed by atoms with van der Waals surface area (Å²) in [6.45, 7) is 6.17. The minimum absolute atomic E-state index is 0.110. The molecule has 0 amide bonds. The summed E-state index contributed by atoms with van der Waals surface area (Å²) in [6.07, 6.45) is 9.84. The van der Waals surface area contributed by atoms with Gasteiger partial charge in [0.05, 0.1) is 18.8 Å². The molecule has 0 saturated heterocycles. The zero-order valence-electron chi connectivity index (χ0n) is 18.6. The van der Waals surface area contributed by atoms with Crippen LogP contribution in [0.1, 0.15) is 45.4 Å². The van der Waals surface area contributed by atoms with Gasteiger partial charge in [-0.25, -0.2) is 0 Å². The Bertz CT molecular complexity index is 535. The van der Waals surface area contributed by atoms with Crippen molar-refractivity contribution in [3.05, 3.63) is 11.6 Å². The second-order valence-corrected chi connectivity index (χ2v) is 9.23. The zero-order chi connectivity index (χ0) is 20.6. The van der Waals surface area contributed by atoms with Gasteiger partial charge in [-0.15, -0.1) is 0 Å². The van der Waals surface area contributed by atoms with Gasteiger partial charge in [-0.1, -0.05) is 23.7 Å². The molecule has 0 aromatic rings. The van der Waals surface area contributed by atoms with Gasteiger partial charge >= 0.3 is 0 Å². The summed E-state index contributed by atoms with van der Waals surface area (Å²) < 4.78 is 5.68. The maximum Gasteiger partial charge on any atom is 0.129 e. The summed E-state index contributed by atoms with van der Waals surface area (Å²) in [6, 6.07) is 0. The number of fused-ring (bicyclic) bond motifs is 1. The first kappa shape index (κ1) is 23.3. The Balaban J connectivity index is 1.81. The average molecular weight is 396 g/mol. The minimum atomic E-state index is -0.622. The number of oxime groups is 1. The lowest BCUT2D eigenvalue weighted by molar-refractivity contribution is -0.0759. The zero-order valence-corrected chi connectivity index (χ0v) is 18.6. The van der Waals surface area contributed by atoms with E-state index in [1.807, 2.05) is 20.3 Å². The molecule has 2 fully saturated rings. The molecule has 2 rings (SSSR count). The van der Waals surface area contributed by atoms with Crippen LogP contribution in [0.5, 0.6) is 0 Å². The molecule has 28 heavy (non-hydrogen) atoms. The standard InChI is InChI=1S/C22H41N3O3/c1-21-10-8-19(7-6-14-27-15-12-24(2)3)17-22(21,26)11-9-20(21)18-23-28-16-13-25(4)5/h7,18,20,26H,6,8-17H2,1-5H3/b19-7-,23-18+/t20-,21-,22+/m1/s1. The SMILES string of the molecule is CN(C)CCOCC/C=C1/CC[C@]2(C)[C@@H](/C=N/OCCN(C)C)CC[C@]2(O)C1. The number of nitrogens with zero attached hydrogens (tertiary/aromatic N) is 3.